The van der Waals surface area contributed by atoms with E-state index in [1.807, 2.05) is 0 Å². The van der Waals surface area contributed by atoms with E-state index in [4.69, 9.17) is 0 Å². The highest BCUT2D eigenvalue weighted by atomic mass is 16.3. The van der Waals surface area contributed by atoms with Crippen molar-refractivity contribution >= 4 is 30.3 Å². The lowest BCUT2D eigenvalue weighted by atomic mass is 10.0. The number of amides is 3. The number of hydrogen-bond acceptors (Lipinski definition) is 6. The van der Waals surface area contributed by atoms with E-state index in [2.05, 4.69) is 16.0 Å². The van der Waals surface area contributed by atoms with Crippen molar-refractivity contribution in [3.05, 3.63) is 29.8 Å². The van der Waals surface area contributed by atoms with Crippen LogP contribution in [0.3, 0.4) is 0 Å². The van der Waals surface area contributed by atoms with Crippen LogP contribution in [-0.4, -0.2) is 53.5 Å². The van der Waals surface area contributed by atoms with Gasteiger partial charge in [-0.05, 0) is 37.1 Å². The summed E-state index contributed by atoms with van der Waals surface area (Å²) in [5.41, 5.74) is 0.268. The van der Waals surface area contributed by atoms with Crippen LogP contribution in [0.5, 0.6) is 5.75 Å². The molecule has 3 amide bonds. The summed E-state index contributed by atoms with van der Waals surface area (Å²) in [7, 11) is 0. The lowest BCUT2D eigenvalue weighted by Crippen LogP contribution is -2.55. The molecule has 28 heavy (non-hydrogen) atoms. The minimum atomic E-state index is -0.978. The Kier molecular flexibility index (Phi) is 8.80. The molecule has 0 heterocycles. The average Bonchev–Trinajstić information content (AvgIpc) is 2.65. The molecular weight excluding hydrogens is 366 g/mol. The van der Waals surface area contributed by atoms with E-state index in [-0.39, 0.29) is 23.7 Å². The second-order valence-corrected chi connectivity index (χ2v) is 6.63. The van der Waals surface area contributed by atoms with E-state index in [1.54, 1.807) is 13.8 Å². The fourth-order valence-corrected chi connectivity index (χ4v) is 2.30. The number of phenolic OH excluding ortho intramolecular Hbond substituents is 1. The summed E-state index contributed by atoms with van der Waals surface area (Å²) in [5, 5.41) is 16.7. The molecule has 0 saturated heterocycles. The Bertz CT molecular complexity index is 717. The Morgan fingerprint density at radius 3 is 2.07 bits per heavy atom. The molecule has 9 nitrogen and oxygen atoms in total. The van der Waals surface area contributed by atoms with Gasteiger partial charge >= 0.3 is 0 Å². The fraction of sp³-hybridized carbons (Fsp3) is 0.421. The molecule has 3 atom stereocenters. The fourth-order valence-electron chi connectivity index (χ4n) is 2.30. The average molecular weight is 391 g/mol. The number of phenols is 1. The van der Waals surface area contributed by atoms with Gasteiger partial charge in [-0.2, -0.15) is 0 Å². The Hall–Kier alpha value is -3.23. The van der Waals surface area contributed by atoms with Crippen molar-refractivity contribution in [1.82, 2.24) is 16.0 Å². The summed E-state index contributed by atoms with van der Waals surface area (Å²) in [6.45, 7) is 4.90. The van der Waals surface area contributed by atoms with Crippen LogP contribution in [0.2, 0.25) is 0 Å². The van der Waals surface area contributed by atoms with Crippen molar-refractivity contribution in [1.29, 1.82) is 0 Å². The van der Waals surface area contributed by atoms with Gasteiger partial charge in [-0.1, -0.05) is 13.8 Å². The van der Waals surface area contributed by atoms with E-state index in [1.165, 1.54) is 31.2 Å². The molecule has 4 N–H and O–H groups in total. The van der Waals surface area contributed by atoms with Crippen molar-refractivity contribution in [2.75, 3.05) is 0 Å². The van der Waals surface area contributed by atoms with Crippen LogP contribution < -0.4 is 16.0 Å². The van der Waals surface area contributed by atoms with E-state index >= 15 is 0 Å². The molecule has 0 radical (unpaired) electrons. The molecule has 9 heteroatoms. The van der Waals surface area contributed by atoms with Gasteiger partial charge in [-0.25, -0.2) is 0 Å². The molecule has 0 saturated carbocycles. The molecule has 1 aromatic carbocycles. The largest absolute Gasteiger partial charge is 0.508 e. The predicted molar refractivity (Wildman–Crippen MR) is 100 cm³/mol. The minimum absolute atomic E-state index is 0.0118. The molecule has 0 aliphatic carbocycles. The SMILES string of the molecule is CC(C)[C@H](NC(=O)c1ccc(O)cc1)C(=O)N[C@@H](C)C(=O)N[C@H](C=O)CC=O. The van der Waals surface area contributed by atoms with Crippen LogP contribution in [0.1, 0.15) is 37.6 Å². The maximum Gasteiger partial charge on any atom is 0.251 e. The second-order valence-electron chi connectivity index (χ2n) is 6.63. The van der Waals surface area contributed by atoms with Crippen molar-refractivity contribution in [3.63, 3.8) is 0 Å². The normalized spacial score (nSPS) is 13.7. The summed E-state index contributed by atoms with van der Waals surface area (Å²) in [6.07, 6.45) is 0.791. The lowest BCUT2D eigenvalue weighted by molar-refractivity contribution is -0.131. The zero-order valence-corrected chi connectivity index (χ0v) is 16.0. The molecule has 0 bridgehead atoms. The predicted octanol–water partition coefficient (Wildman–Crippen LogP) is -0.0760. The molecule has 0 unspecified atom stereocenters. The lowest BCUT2D eigenvalue weighted by Gasteiger charge is -2.24. The number of rotatable bonds is 10. The Balaban J connectivity index is 2.74. The summed E-state index contributed by atoms with van der Waals surface area (Å²) in [4.78, 5) is 58.2. The van der Waals surface area contributed by atoms with E-state index in [0.717, 1.165) is 0 Å². The highest BCUT2D eigenvalue weighted by Crippen LogP contribution is 2.11. The third kappa shape index (κ3) is 6.82. The molecule has 0 aromatic heterocycles. The number of benzene rings is 1. The van der Waals surface area contributed by atoms with Crippen LogP contribution in [0.15, 0.2) is 24.3 Å². The van der Waals surface area contributed by atoms with E-state index in [9.17, 15) is 29.1 Å². The summed E-state index contributed by atoms with van der Waals surface area (Å²) in [6, 6.07) is 2.70. The highest BCUT2D eigenvalue weighted by molar-refractivity contribution is 5.98. The third-order valence-corrected chi connectivity index (χ3v) is 3.96. The Morgan fingerprint density at radius 2 is 1.57 bits per heavy atom. The van der Waals surface area contributed by atoms with Gasteiger partial charge in [-0.3, -0.25) is 14.4 Å². The standard InChI is InChI=1S/C19H25N3O6/c1-11(2)16(22-18(27)13-4-6-15(25)7-5-13)19(28)20-12(3)17(26)21-14(10-24)8-9-23/h4-7,9-12,14,16,25H,8H2,1-3H3,(H,20,28)(H,21,26)(H,22,27)/t12-,14-,16-/m0/s1. The van der Waals surface area contributed by atoms with Gasteiger partial charge in [0.25, 0.3) is 5.91 Å². The van der Waals surface area contributed by atoms with Crippen LogP contribution in [0, 0.1) is 5.92 Å². The molecule has 1 aromatic rings. The zero-order chi connectivity index (χ0) is 21.3. The summed E-state index contributed by atoms with van der Waals surface area (Å²) in [5.74, 6) is -1.95. The smallest absolute Gasteiger partial charge is 0.251 e. The maximum atomic E-state index is 12.5. The number of aldehydes is 2. The van der Waals surface area contributed by atoms with Crippen molar-refractivity contribution in [2.24, 2.45) is 5.92 Å². The Morgan fingerprint density at radius 1 is 0.964 bits per heavy atom. The highest BCUT2D eigenvalue weighted by Gasteiger charge is 2.27. The van der Waals surface area contributed by atoms with Gasteiger partial charge < -0.3 is 30.6 Å². The van der Waals surface area contributed by atoms with Crippen molar-refractivity contribution in [2.45, 2.75) is 45.3 Å². The maximum absolute atomic E-state index is 12.5. The first-order chi connectivity index (χ1) is 13.2. The molecule has 0 aliphatic heterocycles. The molecule has 0 spiro atoms. The summed E-state index contributed by atoms with van der Waals surface area (Å²) >= 11 is 0. The number of aromatic hydroxyl groups is 1. The van der Waals surface area contributed by atoms with Crippen LogP contribution in [0.25, 0.3) is 0 Å². The number of nitrogens with one attached hydrogen (secondary N) is 3. The number of carbonyl (C=O) groups is 5. The zero-order valence-electron chi connectivity index (χ0n) is 16.0. The molecule has 1 rings (SSSR count). The number of hydrogen-bond donors (Lipinski definition) is 4. The molecule has 0 fully saturated rings. The van der Waals surface area contributed by atoms with Gasteiger partial charge in [0.05, 0.1) is 6.04 Å². The van der Waals surface area contributed by atoms with E-state index < -0.39 is 35.8 Å². The first-order valence-corrected chi connectivity index (χ1v) is 8.79. The van der Waals surface area contributed by atoms with Crippen molar-refractivity contribution in [3.8, 4) is 5.75 Å². The number of carbonyl (C=O) groups excluding carboxylic acids is 5. The van der Waals surface area contributed by atoms with Crippen molar-refractivity contribution < 1.29 is 29.1 Å². The van der Waals surface area contributed by atoms with Gasteiger partial charge in [0, 0.05) is 12.0 Å². The third-order valence-electron chi connectivity index (χ3n) is 3.96. The first-order valence-electron chi connectivity index (χ1n) is 8.79. The Labute approximate surface area is 162 Å². The minimum Gasteiger partial charge on any atom is -0.508 e. The summed E-state index contributed by atoms with van der Waals surface area (Å²) < 4.78 is 0. The van der Waals surface area contributed by atoms with E-state index in [0.29, 0.717) is 12.6 Å². The molecular formula is C19H25N3O6. The monoisotopic (exact) mass is 391 g/mol. The van der Waals surface area contributed by atoms with Crippen LogP contribution in [0.4, 0.5) is 0 Å². The van der Waals surface area contributed by atoms with Crippen LogP contribution in [-0.2, 0) is 19.2 Å². The second kappa shape index (κ2) is 10.8. The quantitative estimate of drug-likeness (QED) is 0.411. The van der Waals surface area contributed by atoms with Gasteiger partial charge in [-0.15, -0.1) is 0 Å². The van der Waals surface area contributed by atoms with Crippen LogP contribution >= 0.6 is 0 Å². The first kappa shape index (κ1) is 22.8. The van der Waals surface area contributed by atoms with Gasteiger partial charge in [0.1, 0.15) is 30.4 Å². The molecule has 152 valence electrons. The van der Waals surface area contributed by atoms with Gasteiger partial charge in [0.15, 0.2) is 0 Å². The van der Waals surface area contributed by atoms with Gasteiger partial charge in [0.2, 0.25) is 11.8 Å². The molecule has 0 aliphatic rings. The topological polar surface area (TPSA) is 142 Å².